The SMILES string of the molecule is CCN(c1ncccc1C(=O)O)S(=O)(=O)c1c(C)cc(C)cc1C. The Morgan fingerprint density at radius 2 is 1.79 bits per heavy atom. The molecule has 2 rings (SSSR count). The van der Waals surface area contributed by atoms with E-state index in [1.807, 2.05) is 6.92 Å². The number of aromatic carboxylic acids is 1. The zero-order chi connectivity index (χ0) is 18.1. The monoisotopic (exact) mass is 348 g/mol. The quantitative estimate of drug-likeness (QED) is 0.897. The summed E-state index contributed by atoms with van der Waals surface area (Å²) in [6.45, 7) is 7.09. The fourth-order valence-electron chi connectivity index (χ4n) is 2.88. The second kappa shape index (κ2) is 6.60. The van der Waals surface area contributed by atoms with E-state index in [0.29, 0.717) is 11.1 Å². The third-order valence-electron chi connectivity index (χ3n) is 3.69. The molecule has 0 aliphatic carbocycles. The molecule has 0 saturated heterocycles. The first-order valence-electron chi connectivity index (χ1n) is 7.49. The Hall–Kier alpha value is -2.41. The number of anilines is 1. The Morgan fingerprint density at radius 1 is 1.21 bits per heavy atom. The second-order valence-electron chi connectivity index (χ2n) is 5.58. The van der Waals surface area contributed by atoms with Gasteiger partial charge >= 0.3 is 5.97 Å². The average molecular weight is 348 g/mol. The van der Waals surface area contributed by atoms with Crippen molar-refractivity contribution in [3.8, 4) is 0 Å². The molecule has 1 N–H and O–H groups in total. The fraction of sp³-hybridized carbons (Fsp3) is 0.294. The van der Waals surface area contributed by atoms with Gasteiger partial charge in [-0.25, -0.2) is 22.5 Å². The highest BCUT2D eigenvalue weighted by molar-refractivity contribution is 7.93. The Balaban J connectivity index is 2.70. The van der Waals surface area contributed by atoms with E-state index in [0.717, 1.165) is 9.87 Å². The average Bonchev–Trinajstić information content (AvgIpc) is 2.46. The fourth-order valence-corrected chi connectivity index (χ4v) is 4.75. The van der Waals surface area contributed by atoms with Gasteiger partial charge in [-0.15, -0.1) is 0 Å². The van der Waals surface area contributed by atoms with Gasteiger partial charge in [-0.3, -0.25) is 0 Å². The Bertz CT molecular complexity index is 868. The molecule has 0 fully saturated rings. The summed E-state index contributed by atoms with van der Waals surface area (Å²) in [6, 6.07) is 6.40. The van der Waals surface area contributed by atoms with Crippen molar-refractivity contribution in [3.63, 3.8) is 0 Å². The van der Waals surface area contributed by atoms with E-state index < -0.39 is 16.0 Å². The van der Waals surface area contributed by atoms with Gasteiger partial charge in [0.25, 0.3) is 10.0 Å². The van der Waals surface area contributed by atoms with Crippen molar-refractivity contribution in [1.29, 1.82) is 0 Å². The van der Waals surface area contributed by atoms with E-state index >= 15 is 0 Å². The lowest BCUT2D eigenvalue weighted by molar-refractivity contribution is 0.0697. The number of rotatable bonds is 5. The minimum Gasteiger partial charge on any atom is -0.478 e. The van der Waals surface area contributed by atoms with Crippen LogP contribution in [-0.2, 0) is 10.0 Å². The molecule has 128 valence electrons. The third kappa shape index (κ3) is 3.12. The maximum atomic E-state index is 13.2. The van der Waals surface area contributed by atoms with Gasteiger partial charge in [-0.1, -0.05) is 17.7 Å². The highest BCUT2D eigenvalue weighted by Gasteiger charge is 2.30. The van der Waals surface area contributed by atoms with Crippen LogP contribution in [0.15, 0.2) is 35.4 Å². The molecule has 0 radical (unpaired) electrons. The summed E-state index contributed by atoms with van der Waals surface area (Å²) >= 11 is 0. The van der Waals surface area contributed by atoms with Gasteiger partial charge < -0.3 is 5.11 Å². The lowest BCUT2D eigenvalue weighted by atomic mass is 10.1. The van der Waals surface area contributed by atoms with Crippen LogP contribution in [0.2, 0.25) is 0 Å². The van der Waals surface area contributed by atoms with Gasteiger partial charge in [-0.2, -0.15) is 0 Å². The molecule has 0 bridgehead atoms. The van der Waals surface area contributed by atoms with Crippen molar-refractivity contribution in [2.75, 3.05) is 10.8 Å². The Morgan fingerprint density at radius 3 is 2.29 bits per heavy atom. The zero-order valence-electron chi connectivity index (χ0n) is 14.1. The summed E-state index contributed by atoms with van der Waals surface area (Å²) in [4.78, 5) is 15.6. The molecule has 7 heteroatoms. The molecule has 0 aliphatic heterocycles. The van der Waals surface area contributed by atoms with Crippen LogP contribution in [0.4, 0.5) is 5.82 Å². The molecule has 6 nitrogen and oxygen atoms in total. The van der Waals surface area contributed by atoms with Gasteiger partial charge in [0.2, 0.25) is 0 Å². The van der Waals surface area contributed by atoms with Gasteiger partial charge in [0, 0.05) is 12.7 Å². The lowest BCUT2D eigenvalue weighted by Crippen LogP contribution is -2.34. The summed E-state index contributed by atoms with van der Waals surface area (Å²) in [5.41, 5.74) is 2.07. The number of benzene rings is 1. The zero-order valence-corrected chi connectivity index (χ0v) is 14.9. The van der Waals surface area contributed by atoms with Gasteiger partial charge in [0.05, 0.1) is 4.90 Å². The van der Waals surface area contributed by atoms with E-state index in [9.17, 15) is 18.3 Å². The Labute approximate surface area is 141 Å². The maximum Gasteiger partial charge on any atom is 0.339 e. The van der Waals surface area contributed by atoms with E-state index in [2.05, 4.69) is 4.98 Å². The number of hydrogen-bond acceptors (Lipinski definition) is 4. The third-order valence-corrected chi connectivity index (χ3v) is 5.86. The molecule has 1 aromatic heterocycles. The number of carboxylic acid groups (broad SMARTS) is 1. The van der Waals surface area contributed by atoms with E-state index in [-0.39, 0.29) is 22.8 Å². The summed E-state index contributed by atoms with van der Waals surface area (Å²) in [6.07, 6.45) is 1.38. The first kappa shape index (κ1) is 17.9. The van der Waals surface area contributed by atoms with Gasteiger partial charge in [0.15, 0.2) is 5.82 Å². The summed E-state index contributed by atoms with van der Waals surface area (Å²) < 4.78 is 27.4. The molecule has 0 unspecified atom stereocenters. The molecule has 24 heavy (non-hydrogen) atoms. The predicted molar refractivity (Wildman–Crippen MR) is 92.1 cm³/mol. The molecular weight excluding hydrogens is 328 g/mol. The standard InChI is InChI=1S/C17H20N2O4S/c1-5-19(16-14(17(20)21)7-6-8-18-16)24(22,23)15-12(3)9-11(2)10-13(15)4/h6-10H,5H2,1-4H3,(H,20,21). The van der Waals surface area contributed by atoms with Crippen LogP contribution in [0, 0.1) is 20.8 Å². The van der Waals surface area contributed by atoms with E-state index in [1.54, 1.807) is 32.9 Å². The molecule has 0 spiro atoms. The van der Waals surface area contributed by atoms with Crippen molar-refractivity contribution in [3.05, 3.63) is 52.7 Å². The number of sulfonamides is 1. The van der Waals surface area contributed by atoms with Crippen molar-refractivity contribution in [2.45, 2.75) is 32.6 Å². The number of hydrogen-bond donors (Lipinski definition) is 1. The van der Waals surface area contributed by atoms with Crippen LogP contribution >= 0.6 is 0 Å². The largest absolute Gasteiger partial charge is 0.478 e. The number of carbonyl (C=O) groups is 1. The minimum absolute atomic E-state index is 0.0758. The number of pyridine rings is 1. The molecule has 1 aromatic carbocycles. The lowest BCUT2D eigenvalue weighted by Gasteiger charge is -2.25. The van der Waals surface area contributed by atoms with Gasteiger partial charge in [0.1, 0.15) is 5.56 Å². The number of carboxylic acids is 1. The number of nitrogens with zero attached hydrogens (tertiary/aromatic N) is 2. The summed E-state index contributed by atoms with van der Waals surface area (Å²) in [5, 5.41) is 9.33. The first-order valence-corrected chi connectivity index (χ1v) is 8.93. The van der Waals surface area contributed by atoms with Gasteiger partial charge in [-0.05, 0) is 51.0 Å². The first-order chi connectivity index (χ1) is 11.2. The predicted octanol–water partition coefficient (Wildman–Crippen LogP) is 2.92. The number of aryl methyl sites for hydroxylation is 3. The van der Waals surface area contributed by atoms with Crippen molar-refractivity contribution < 1.29 is 18.3 Å². The highest BCUT2D eigenvalue weighted by Crippen LogP contribution is 2.29. The highest BCUT2D eigenvalue weighted by atomic mass is 32.2. The summed E-state index contributed by atoms with van der Waals surface area (Å²) in [5.74, 6) is -1.30. The van der Waals surface area contributed by atoms with Crippen molar-refractivity contribution >= 4 is 21.8 Å². The van der Waals surface area contributed by atoms with Crippen LogP contribution in [0.5, 0.6) is 0 Å². The molecule has 0 saturated carbocycles. The van der Waals surface area contributed by atoms with Crippen LogP contribution < -0.4 is 4.31 Å². The summed E-state index contributed by atoms with van der Waals surface area (Å²) in [7, 11) is -3.93. The van der Waals surface area contributed by atoms with E-state index in [4.69, 9.17) is 0 Å². The minimum atomic E-state index is -3.93. The Kier molecular flexibility index (Phi) is 4.94. The molecule has 2 aromatic rings. The smallest absolute Gasteiger partial charge is 0.339 e. The van der Waals surface area contributed by atoms with E-state index in [1.165, 1.54) is 18.3 Å². The topological polar surface area (TPSA) is 87.6 Å². The van der Waals surface area contributed by atoms with Crippen LogP contribution in [0.1, 0.15) is 34.0 Å². The number of aromatic nitrogens is 1. The van der Waals surface area contributed by atoms with Crippen LogP contribution in [0.3, 0.4) is 0 Å². The van der Waals surface area contributed by atoms with Crippen molar-refractivity contribution in [2.24, 2.45) is 0 Å². The molecule has 1 heterocycles. The maximum absolute atomic E-state index is 13.2. The van der Waals surface area contributed by atoms with Crippen molar-refractivity contribution in [1.82, 2.24) is 4.98 Å². The van der Waals surface area contributed by atoms with Crippen LogP contribution in [0.25, 0.3) is 0 Å². The molecule has 0 amide bonds. The molecular formula is C17H20N2O4S. The normalized spacial score (nSPS) is 11.3. The van der Waals surface area contributed by atoms with Crippen LogP contribution in [-0.4, -0.2) is 31.0 Å². The molecule has 0 atom stereocenters. The molecule has 0 aliphatic rings. The second-order valence-corrected chi connectivity index (χ2v) is 7.38.